The van der Waals surface area contributed by atoms with E-state index in [0.29, 0.717) is 11.7 Å². The maximum absolute atomic E-state index is 8.75. The Labute approximate surface area is 114 Å². The van der Waals surface area contributed by atoms with Gasteiger partial charge in [-0.1, -0.05) is 6.42 Å². The van der Waals surface area contributed by atoms with Crippen LogP contribution in [0.3, 0.4) is 0 Å². The summed E-state index contributed by atoms with van der Waals surface area (Å²) in [6, 6.07) is 7.79. The molecule has 2 aliphatic rings. The van der Waals surface area contributed by atoms with Crippen molar-refractivity contribution in [2.75, 3.05) is 12.4 Å². The molecule has 1 aromatic heterocycles. The zero-order valence-electron chi connectivity index (χ0n) is 11.3. The van der Waals surface area contributed by atoms with Crippen molar-refractivity contribution in [3.8, 4) is 6.07 Å². The molecule has 0 radical (unpaired) electrons. The lowest BCUT2D eigenvalue weighted by Crippen LogP contribution is -2.52. The van der Waals surface area contributed by atoms with Crippen LogP contribution in [0.5, 0.6) is 0 Å². The molecular formula is C15H20N4. The number of fused-ring (bicyclic) bond motifs is 2. The predicted molar refractivity (Wildman–Crippen MR) is 74.8 cm³/mol. The highest BCUT2D eigenvalue weighted by Crippen LogP contribution is 2.33. The molecule has 2 saturated heterocycles. The summed E-state index contributed by atoms with van der Waals surface area (Å²) in [6.07, 6.45) is 8.24. The number of nitrogens with zero attached hydrogens (tertiary/aromatic N) is 3. The summed E-state index contributed by atoms with van der Waals surface area (Å²) in [5.74, 6) is 0. The molecule has 2 aliphatic heterocycles. The Morgan fingerprint density at radius 1 is 1.32 bits per heavy atom. The van der Waals surface area contributed by atoms with Crippen LogP contribution in [0.15, 0.2) is 18.3 Å². The Morgan fingerprint density at radius 3 is 2.63 bits per heavy atom. The van der Waals surface area contributed by atoms with E-state index in [1.807, 2.05) is 6.07 Å². The zero-order valence-corrected chi connectivity index (χ0v) is 11.3. The van der Waals surface area contributed by atoms with Gasteiger partial charge in [-0.05, 0) is 44.9 Å². The Bertz CT molecular complexity index is 462. The first-order valence-electron chi connectivity index (χ1n) is 7.11. The van der Waals surface area contributed by atoms with Crippen molar-refractivity contribution in [3.63, 3.8) is 0 Å². The van der Waals surface area contributed by atoms with Crippen LogP contribution in [0, 0.1) is 11.3 Å². The fraction of sp³-hybridized carbons (Fsp3) is 0.600. The molecular weight excluding hydrogens is 236 g/mol. The van der Waals surface area contributed by atoms with Gasteiger partial charge < -0.3 is 10.2 Å². The molecule has 0 saturated carbocycles. The summed E-state index contributed by atoms with van der Waals surface area (Å²) in [5, 5.41) is 12.3. The highest BCUT2D eigenvalue weighted by molar-refractivity contribution is 5.43. The van der Waals surface area contributed by atoms with Gasteiger partial charge in [-0.15, -0.1) is 0 Å². The van der Waals surface area contributed by atoms with E-state index in [2.05, 4.69) is 28.3 Å². The second-order valence-electron chi connectivity index (χ2n) is 5.76. The van der Waals surface area contributed by atoms with E-state index >= 15 is 0 Å². The van der Waals surface area contributed by atoms with Gasteiger partial charge in [0.2, 0.25) is 0 Å². The minimum absolute atomic E-state index is 0.478. The van der Waals surface area contributed by atoms with E-state index in [4.69, 9.17) is 5.26 Å². The molecule has 1 N–H and O–H groups in total. The number of nitrogens with one attached hydrogen (secondary N) is 1. The molecule has 3 rings (SSSR count). The van der Waals surface area contributed by atoms with E-state index in [9.17, 15) is 0 Å². The fourth-order valence-corrected chi connectivity index (χ4v) is 3.51. The van der Waals surface area contributed by atoms with E-state index in [0.717, 1.165) is 17.8 Å². The topological polar surface area (TPSA) is 52.0 Å². The van der Waals surface area contributed by atoms with Crippen molar-refractivity contribution < 1.29 is 0 Å². The number of pyridine rings is 1. The highest BCUT2D eigenvalue weighted by Gasteiger charge is 2.35. The van der Waals surface area contributed by atoms with Crippen LogP contribution in [-0.2, 0) is 0 Å². The van der Waals surface area contributed by atoms with Crippen LogP contribution in [0.2, 0.25) is 0 Å². The fourth-order valence-electron chi connectivity index (χ4n) is 3.51. The Hall–Kier alpha value is -1.60. The Morgan fingerprint density at radius 2 is 2.05 bits per heavy atom. The molecule has 100 valence electrons. The molecule has 0 aliphatic carbocycles. The molecule has 2 fully saturated rings. The van der Waals surface area contributed by atoms with E-state index in [1.54, 1.807) is 12.3 Å². The summed E-state index contributed by atoms with van der Waals surface area (Å²) in [7, 11) is 2.27. The molecule has 0 amide bonds. The van der Waals surface area contributed by atoms with Gasteiger partial charge in [0.1, 0.15) is 11.8 Å². The van der Waals surface area contributed by atoms with E-state index < -0.39 is 0 Å². The lowest BCUT2D eigenvalue weighted by atomic mass is 9.82. The summed E-state index contributed by atoms with van der Waals surface area (Å²) in [5.41, 5.74) is 1.51. The van der Waals surface area contributed by atoms with Crippen molar-refractivity contribution in [1.29, 1.82) is 5.26 Å². The summed E-state index contributed by atoms with van der Waals surface area (Å²) in [6.45, 7) is 0. The van der Waals surface area contributed by atoms with Gasteiger partial charge >= 0.3 is 0 Å². The standard InChI is InChI=1S/C15H20N4/c1-19-14-3-2-4-15(19)8-13(7-14)18-12-6-5-11(9-16)17-10-12/h5-6,10,13-15,18H,2-4,7-8H2,1H3. The number of nitriles is 1. The van der Waals surface area contributed by atoms with Crippen LogP contribution >= 0.6 is 0 Å². The molecule has 2 atom stereocenters. The molecule has 2 unspecified atom stereocenters. The minimum Gasteiger partial charge on any atom is -0.381 e. The zero-order chi connectivity index (χ0) is 13.2. The van der Waals surface area contributed by atoms with E-state index in [-0.39, 0.29) is 0 Å². The van der Waals surface area contributed by atoms with Crippen molar-refractivity contribution >= 4 is 5.69 Å². The van der Waals surface area contributed by atoms with Gasteiger partial charge in [0.15, 0.2) is 0 Å². The first-order chi connectivity index (χ1) is 9.26. The predicted octanol–water partition coefficient (Wildman–Crippen LogP) is 2.38. The largest absolute Gasteiger partial charge is 0.381 e. The second-order valence-corrected chi connectivity index (χ2v) is 5.76. The Balaban J connectivity index is 1.65. The van der Waals surface area contributed by atoms with Gasteiger partial charge in [0.05, 0.1) is 11.9 Å². The first-order valence-corrected chi connectivity index (χ1v) is 7.11. The SMILES string of the molecule is CN1C2CCCC1CC(Nc1ccc(C#N)nc1)C2. The molecule has 2 bridgehead atoms. The quantitative estimate of drug-likeness (QED) is 0.882. The monoisotopic (exact) mass is 256 g/mol. The second kappa shape index (κ2) is 5.18. The average molecular weight is 256 g/mol. The van der Waals surface area contributed by atoms with Crippen molar-refractivity contribution in [1.82, 2.24) is 9.88 Å². The van der Waals surface area contributed by atoms with Crippen LogP contribution < -0.4 is 5.32 Å². The van der Waals surface area contributed by atoms with Crippen LogP contribution in [-0.4, -0.2) is 35.1 Å². The molecule has 4 nitrogen and oxygen atoms in total. The maximum atomic E-state index is 8.75. The maximum Gasteiger partial charge on any atom is 0.140 e. The summed E-state index contributed by atoms with van der Waals surface area (Å²) < 4.78 is 0. The molecule has 0 aromatic carbocycles. The Kier molecular flexibility index (Phi) is 3.39. The van der Waals surface area contributed by atoms with Gasteiger partial charge in [-0.2, -0.15) is 5.26 Å². The molecule has 1 aromatic rings. The lowest BCUT2D eigenvalue weighted by molar-refractivity contribution is 0.0608. The molecule has 3 heterocycles. The first kappa shape index (κ1) is 12.4. The van der Waals surface area contributed by atoms with Gasteiger partial charge in [-0.25, -0.2) is 4.98 Å². The number of aromatic nitrogens is 1. The number of piperidine rings is 2. The van der Waals surface area contributed by atoms with E-state index in [1.165, 1.54) is 32.1 Å². The normalized spacial score (nSPS) is 30.6. The van der Waals surface area contributed by atoms with Crippen LogP contribution in [0.4, 0.5) is 5.69 Å². The van der Waals surface area contributed by atoms with Gasteiger partial charge in [0, 0.05) is 18.1 Å². The summed E-state index contributed by atoms with van der Waals surface area (Å²) in [4.78, 5) is 6.68. The highest BCUT2D eigenvalue weighted by atomic mass is 15.2. The number of rotatable bonds is 2. The summed E-state index contributed by atoms with van der Waals surface area (Å²) >= 11 is 0. The van der Waals surface area contributed by atoms with Crippen molar-refractivity contribution in [2.45, 2.75) is 50.2 Å². The third-order valence-corrected chi connectivity index (χ3v) is 4.59. The average Bonchev–Trinajstić information content (AvgIpc) is 2.41. The number of anilines is 1. The van der Waals surface area contributed by atoms with Crippen LogP contribution in [0.25, 0.3) is 0 Å². The molecule has 19 heavy (non-hydrogen) atoms. The third kappa shape index (κ3) is 2.57. The number of hydrogen-bond acceptors (Lipinski definition) is 4. The van der Waals surface area contributed by atoms with Gasteiger partial charge in [-0.3, -0.25) is 0 Å². The minimum atomic E-state index is 0.478. The number of hydrogen-bond donors (Lipinski definition) is 1. The third-order valence-electron chi connectivity index (χ3n) is 4.59. The van der Waals surface area contributed by atoms with Crippen molar-refractivity contribution in [2.24, 2.45) is 0 Å². The van der Waals surface area contributed by atoms with Crippen LogP contribution in [0.1, 0.15) is 37.8 Å². The van der Waals surface area contributed by atoms with Gasteiger partial charge in [0.25, 0.3) is 0 Å². The lowest BCUT2D eigenvalue weighted by Gasteiger charge is -2.47. The van der Waals surface area contributed by atoms with Crippen molar-refractivity contribution in [3.05, 3.63) is 24.0 Å². The molecule has 4 heteroatoms. The molecule has 0 spiro atoms. The smallest absolute Gasteiger partial charge is 0.140 e.